The van der Waals surface area contributed by atoms with Gasteiger partial charge in [0.25, 0.3) is 11.8 Å². The number of nitrogens with zero attached hydrogens (tertiary/aromatic N) is 3. The molecule has 30 heavy (non-hydrogen) atoms. The lowest BCUT2D eigenvalue weighted by Gasteiger charge is -2.35. The molecule has 2 aromatic rings. The van der Waals surface area contributed by atoms with Crippen molar-refractivity contribution >= 4 is 52.6 Å². The average molecular weight is 467 g/mol. The first-order chi connectivity index (χ1) is 14.5. The Hall–Kier alpha value is -1.96. The molecule has 1 N–H and O–H groups in total. The maximum Gasteiger partial charge on any atom is 0.255 e. The van der Waals surface area contributed by atoms with E-state index in [-0.39, 0.29) is 11.8 Å². The first-order valence-corrected chi connectivity index (χ1v) is 11.7. The van der Waals surface area contributed by atoms with Crippen LogP contribution in [0.5, 0.6) is 0 Å². The molecule has 0 bridgehead atoms. The molecule has 0 spiro atoms. The van der Waals surface area contributed by atoms with E-state index in [0.717, 1.165) is 17.3 Å². The molecule has 9 heteroatoms. The van der Waals surface area contributed by atoms with Gasteiger partial charge in [-0.25, -0.2) is 4.98 Å². The molecule has 1 aromatic heterocycles. The fraction of sp³-hybridized carbons (Fsp3) is 0.381. The number of halogens is 2. The van der Waals surface area contributed by atoms with E-state index in [2.05, 4.69) is 22.1 Å². The molecule has 1 aliphatic rings. The number of hydrogen-bond acceptors (Lipinski definition) is 5. The van der Waals surface area contributed by atoms with E-state index in [9.17, 15) is 9.59 Å². The highest BCUT2D eigenvalue weighted by Crippen LogP contribution is 2.23. The molecule has 1 aliphatic heterocycles. The van der Waals surface area contributed by atoms with E-state index in [1.54, 1.807) is 47.1 Å². The van der Waals surface area contributed by atoms with E-state index >= 15 is 0 Å². The Balaban J connectivity index is 1.54. The highest BCUT2D eigenvalue weighted by atomic mass is 35.5. The predicted molar refractivity (Wildman–Crippen MR) is 124 cm³/mol. The minimum Gasteiger partial charge on any atom is -0.353 e. The number of piperazine rings is 1. The summed E-state index contributed by atoms with van der Waals surface area (Å²) in [6, 6.07) is 8.54. The molecule has 0 atom stereocenters. The van der Waals surface area contributed by atoms with Crippen LogP contribution < -0.4 is 10.2 Å². The molecule has 2 amide bonds. The SMILES string of the molecule is CCSCCNC(=O)c1ccc(N2CCN(C(=O)c3cc(Cl)ccc3Cl)CC2)nc1. The zero-order chi connectivity index (χ0) is 21.5. The van der Waals surface area contributed by atoms with Crippen molar-refractivity contribution in [2.45, 2.75) is 6.92 Å². The fourth-order valence-electron chi connectivity index (χ4n) is 3.16. The molecule has 0 radical (unpaired) electrons. The molecular weight excluding hydrogens is 443 g/mol. The van der Waals surface area contributed by atoms with Crippen molar-refractivity contribution in [3.05, 3.63) is 57.7 Å². The number of thioether (sulfide) groups is 1. The van der Waals surface area contributed by atoms with E-state index in [1.165, 1.54) is 0 Å². The van der Waals surface area contributed by atoms with Gasteiger partial charge in [0.05, 0.1) is 16.1 Å². The van der Waals surface area contributed by atoms with Crippen molar-refractivity contribution in [3.8, 4) is 0 Å². The third-order valence-electron chi connectivity index (χ3n) is 4.80. The van der Waals surface area contributed by atoms with Crippen molar-refractivity contribution in [1.82, 2.24) is 15.2 Å². The van der Waals surface area contributed by atoms with Gasteiger partial charge >= 0.3 is 0 Å². The minimum atomic E-state index is -0.122. The van der Waals surface area contributed by atoms with E-state index in [4.69, 9.17) is 23.2 Å². The molecule has 160 valence electrons. The molecule has 2 heterocycles. The van der Waals surface area contributed by atoms with Gasteiger partial charge in [0.2, 0.25) is 0 Å². The molecule has 1 aromatic carbocycles. The smallest absolute Gasteiger partial charge is 0.255 e. The maximum atomic E-state index is 12.8. The van der Waals surface area contributed by atoms with Crippen LogP contribution in [0.3, 0.4) is 0 Å². The predicted octanol–water partition coefficient (Wildman–Crippen LogP) is 3.83. The quantitative estimate of drug-likeness (QED) is 0.627. The van der Waals surface area contributed by atoms with Gasteiger partial charge in [0, 0.05) is 49.7 Å². The molecule has 1 saturated heterocycles. The van der Waals surface area contributed by atoms with E-state index in [0.29, 0.717) is 53.9 Å². The third kappa shape index (κ3) is 5.80. The van der Waals surface area contributed by atoms with Gasteiger partial charge in [-0.1, -0.05) is 30.1 Å². The molecule has 0 unspecified atom stereocenters. The Morgan fingerprint density at radius 1 is 1.13 bits per heavy atom. The van der Waals surface area contributed by atoms with Crippen LogP contribution in [0.15, 0.2) is 36.5 Å². The normalized spacial score (nSPS) is 14.0. The lowest BCUT2D eigenvalue weighted by Crippen LogP contribution is -2.49. The second-order valence-corrected chi connectivity index (χ2v) is 9.00. The van der Waals surface area contributed by atoms with Crippen molar-refractivity contribution in [2.75, 3.05) is 49.1 Å². The lowest BCUT2D eigenvalue weighted by atomic mass is 10.1. The first kappa shape index (κ1) is 22.7. The van der Waals surface area contributed by atoms with Crippen LogP contribution in [0.2, 0.25) is 10.0 Å². The summed E-state index contributed by atoms with van der Waals surface area (Å²) in [6.45, 7) is 5.15. The van der Waals surface area contributed by atoms with Crippen LogP contribution >= 0.6 is 35.0 Å². The third-order valence-corrected chi connectivity index (χ3v) is 6.26. The fourth-order valence-corrected chi connectivity index (χ4v) is 4.07. The zero-order valence-electron chi connectivity index (χ0n) is 16.7. The van der Waals surface area contributed by atoms with Gasteiger partial charge in [-0.2, -0.15) is 11.8 Å². The monoisotopic (exact) mass is 466 g/mol. The van der Waals surface area contributed by atoms with Gasteiger partial charge in [0.15, 0.2) is 0 Å². The second-order valence-electron chi connectivity index (χ2n) is 6.76. The zero-order valence-corrected chi connectivity index (χ0v) is 19.1. The molecule has 0 aliphatic carbocycles. The summed E-state index contributed by atoms with van der Waals surface area (Å²) in [5.41, 5.74) is 0.966. The van der Waals surface area contributed by atoms with E-state index in [1.807, 2.05) is 6.07 Å². The number of aromatic nitrogens is 1. The number of carbonyl (C=O) groups is 2. The van der Waals surface area contributed by atoms with E-state index < -0.39 is 0 Å². The molecule has 3 rings (SSSR count). The number of anilines is 1. The van der Waals surface area contributed by atoms with Crippen molar-refractivity contribution in [1.29, 1.82) is 0 Å². The Morgan fingerprint density at radius 2 is 1.90 bits per heavy atom. The van der Waals surface area contributed by atoms with Gasteiger partial charge < -0.3 is 15.1 Å². The summed E-state index contributed by atoms with van der Waals surface area (Å²) in [7, 11) is 0. The standard InChI is InChI=1S/C21H24Cl2N4O2S/c1-2-30-12-7-24-20(28)15-3-6-19(25-14-15)26-8-10-27(11-9-26)21(29)17-13-16(22)4-5-18(17)23/h3-6,13-14H,2,7-12H2,1H3,(H,24,28). The Labute approximate surface area is 190 Å². The van der Waals surface area contributed by atoms with Crippen LogP contribution in [0.1, 0.15) is 27.6 Å². The number of nitrogens with one attached hydrogen (secondary N) is 1. The summed E-state index contributed by atoms with van der Waals surface area (Å²) in [4.78, 5) is 33.2. The topological polar surface area (TPSA) is 65.5 Å². The Kier molecular flexibility index (Phi) is 8.24. The van der Waals surface area contributed by atoms with Crippen LogP contribution in [0, 0.1) is 0 Å². The summed E-state index contributed by atoms with van der Waals surface area (Å²) in [6.07, 6.45) is 1.60. The number of pyridine rings is 1. The minimum absolute atomic E-state index is 0.112. The van der Waals surface area contributed by atoms with Gasteiger partial charge in [0.1, 0.15) is 5.82 Å². The molecule has 0 saturated carbocycles. The van der Waals surface area contributed by atoms with Crippen LogP contribution in [-0.2, 0) is 0 Å². The van der Waals surface area contributed by atoms with Crippen molar-refractivity contribution in [2.24, 2.45) is 0 Å². The van der Waals surface area contributed by atoms with Gasteiger partial charge in [-0.3, -0.25) is 9.59 Å². The first-order valence-electron chi connectivity index (χ1n) is 9.81. The summed E-state index contributed by atoms with van der Waals surface area (Å²) in [5, 5.41) is 3.78. The number of amides is 2. The largest absolute Gasteiger partial charge is 0.353 e. The van der Waals surface area contributed by atoms with Gasteiger partial charge in [-0.05, 0) is 36.1 Å². The molecule has 1 fully saturated rings. The number of carbonyl (C=O) groups excluding carboxylic acids is 2. The molecular formula is C21H24Cl2N4O2S. The van der Waals surface area contributed by atoms with Crippen molar-refractivity contribution < 1.29 is 9.59 Å². The number of hydrogen-bond donors (Lipinski definition) is 1. The van der Waals surface area contributed by atoms with Crippen LogP contribution in [0.4, 0.5) is 5.82 Å². The number of rotatable bonds is 7. The highest BCUT2D eigenvalue weighted by Gasteiger charge is 2.24. The highest BCUT2D eigenvalue weighted by molar-refractivity contribution is 7.99. The summed E-state index contributed by atoms with van der Waals surface area (Å²) >= 11 is 14.0. The van der Waals surface area contributed by atoms with Gasteiger partial charge in [-0.15, -0.1) is 0 Å². The Morgan fingerprint density at radius 3 is 2.57 bits per heavy atom. The summed E-state index contributed by atoms with van der Waals surface area (Å²) < 4.78 is 0. The van der Waals surface area contributed by atoms with Crippen LogP contribution in [0.25, 0.3) is 0 Å². The maximum absolute atomic E-state index is 12.8. The number of benzene rings is 1. The Bertz CT molecular complexity index is 887. The second kappa shape index (κ2) is 10.9. The van der Waals surface area contributed by atoms with Crippen molar-refractivity contribution in [3.63, 3.8) is 0 Å². The average Bonchev–Trinajstić information content (AvgIpc) is 2.78. The summed E-state index contributed by atoms with van der Waals surface area (Å²) in [5.74, 6) is 2.50. The molecule has 6 nitrogen and oxygen atoms in total. The lowest BCUT2D eigenvalue weighted by molar-refractivity contribution is 0.0746. The van der Waals surface area contributed by atoms with Crippen LogP contribution in [-0.4, -0.2) is 65.9 Å².